The van der Waals surface area contributed by atoms with Crippen molar-refractivity contribution in [3.8, 4) is 12.0 Å². The average Bonchev–Trinajstić information content (AvgIpc) is 2.40. The highest BCUT2D eigenvalue weighted by Crippen LogP contribution is 2.19. The molecule has 0 amide bonds. The Balaban J connectivity index is 2.21. The van der Waals surface area contributed by atoms with Crippen LogP contribution in [0, 0.1) is 0 Å². The predicted molar refractivity (Wildman–Crippen MR) is 62.1 cm³/mol. The molecule has 0 atom stereocenters. The molecule has 0 aromatic carbocycles. The fraction of sp³-hybridized carbons (Fsp3) is 0.700. The minimum Gasteiger partial charge on any atom is -0.467 e. The van der Waals surface area contributed by atoms with Crippen molar-refractivity contribution in [2.24, 2.45) is 5.73 Å². The number of anilines is 1. The van der Waals surface area contributed by atoms with E-state index in [9.17, 15) is 0 Å². The number of hydrogen-bond donors (Lipinski definition) is 1. The molecular weight excluding hydrogens is 222 g/mol. The van der Waals surface area contributed by atoms with Crippen molar-refractivity contribution in [1.29, 1.82) is 0 Å². The smallest absolute Gasteiger partial charge is 0.325 e. The fourth-order valence-electron chi connectivity index (χ4n) is 1.79. The molecule has 1 saturated heterocycles. The van der Waals surface area contributed by atoms with E-state index < -0.39 is 0 Å². The quantitative estimate of drug-likeness (QED) is 0.749. The molecule has 94 valence electrons. The van der Waals surface area contributed by atoms with Gasteiger partial charge in [0.25, 0.3) is 0 Å². The SMILES string of the molecule is COc1nc(OCN)nc(N2CCCCC2)n1. The molecule has 2 heterocycles. The van der Waals surface area contributed by atoms with Gasteiger partial charge < -0.3 is 14.4 Å². The van der Waals surface area contributed by atoms with E-state index in [1.807, 2.05) is 0 Å². The molecule has 1 aromatic rings. The summed E-state index contributed by atoms with van der Waals surface area (Å²) in [5, 5.41) is 0. The maximum Gasteiger partial charge on any atom is 0.325 e. The van der Waals surface area contributed by atoms with Crippen molar-refractivity contribution in [2.45, 2.75) is 19.3 Å². The van der Waals surface area contributed by atoms with Gasteiger partial charge in [-0.05, 0) is 19.3 Å². The second-order valence-corrected chi connectivity index (χ2v) is 3.76. The number of hydrogen-bond acceptors (Lipinski definition) is 7. The fourth-order valence-corrected chi connectivity index (χ4v) is 1.79. The molecule has 0 spiro atoms. The highest BCUT2D eigenvalue weighted by molar-refractivity contribution is 5.32. The van der Waals surface area contributed by atoms with Crippen molar-refractivity contribution in [1.82, 2.24) is 15.0 Å². The molecular formula is C10H17N5O2. The molecule has 1 aromatic heterocycles. The van der Waals surface area contributed by atoms with Crippen LogP contribution in [0.4, 0.5) is 5.95 Å². The van der Waals surface area contributed by atoms with Gasteiger partial charge in [0.15, 0.2) is 0 Å². The zero-order valence-electron chi connectivity index (χ0n) is 9.93. The first-order valence-corrected chi connectivity index (χ1v) is 5.71. The van der Waals surface area contributed by atoms with Crippen LogP contribution in [0.2, 0.25) is 0 Å². The molecule has 2 N–H and O–H groups in total. The standard InChI is InChI=1S/C10H17N5O2/c1-16-9-12-8(13-10(14-9)17-7-11)15-5-3-2-4-6-15/h2-7,11H2,1H3. The summed E-state index contributed by atoms with van der Waals surface area (Å²) in [6.07, 6.45) is 3.56. The Hall–Kier alpha value is -1.63. The topological polar surface area (TPSA) is 86.4 Å². The van der Waals surface area contributed by atoms with E-state index in [-0.39, 0.29) is 18.8 Å². The Kier molecular flexibility index (Phi) is 3.92. The van der Waals surface area contributed by atoms with Gasteiger partial charge in [0, 0.05) is 13.1 Å². The lowest BCUT2D eigenvalue weighted by Crippen LogP contribution is -2.31. The van der Waals surface area contributed by atoms with E-state index in [1.165, 1.54) is 13.5 Å². The van der Waals surface area contributed by atoms with Crippen LogP contribution in [0.25, 0.3) is 0 Å². The molecule has 0 radical (unpaired) electrons. The van der Waals surface area contributed by atoms with Gasteiger partial charge >= 0.3 is 12.0 Å². The summed E-state index contributed by atoms with van der Waals surface area (Å²) < 4.78 is 10.1. The van der Waals surface area contributed by atoms with Crippen LogP contribution >= 0.6 is 0 Å². The van der Waals surface area contributed by atoms with Crippen molar-refractivity contribution in [3.05, 3.63) is 0 Å². The number of nitrogens with two attached hydrogens (primary N) is 1. The van der Waals surface area contributed by atoms with Gasteiger partial charge in [0.2, 0.25) is 5.95 Å². The van der Waals surface area contributed by atoms with Gasteiger partial charge in [-0.15, -0.1) is 4.98 Å². The van der Waals surface area contributed by atoms with E-state index in [0.717, 1.165) is 25.9 Å². The van der Waals surface area contributed by atoms with Gasteiger partial charge in [-0.1, -0.05) is 0 Å². The number of methoxy groups -OCH3 is 1. The lowest BCUT2D eigenvalue weighted by Gasteiger charge is -2.26. The van der Waals surface area contributed by atoms with Gasteiger partial charge in [0.1, 0.15) is 6.73 Å². The Bertz CT molecular complexity index is 368. The van der Waals surface area contributed by atoms with Crippen molar-refractivity contribution in [2.75, 3.05) is 31.8 Å². The number of nitrogens with zero attached hydrogens (tertiary/aromatic N) is 4. The first-order chi connectivity index (χ1) is 8.33. The Morgan fingerprint density at radius 1 is 1.12 bits per heavy atom. The number of ether oxygens (including phenoxy) is 2. The molecule has 7 heteroatoms. The first kappa shape index (κ1) is 11.8. The van der Waals surface area contributed by atoms with Crippen LogP contribution in [0.5, 0.6) is 12.0 Å². The van der Waals surface area contributed by atoms with E-state index in [2.05, 4.69) is 19.9 Å². The van der Waals surface area contributed by atoms with E-state index in [0.29, 0.717) is 5.95 Å². The highest BCUT2D eigenvalue weighted by Gasteiger charge is 2.16. The number of piperidine rings is 1. The summed E-state index contributed by atoms with van der Waals surface area (Å²) in [6, 6.07) is 0.462. The Labute approximate surface area is 100.0 Å². The first-order valence-electron chi connectivity index (χ1n) is 5.71. The monoisotopic (exact) mass is 239 g/mol. The third-order valence-corrected chi connectivity index (χ3v) is 2.62. The lowest BCUT2D eigenvalue weighted by molar-refractivity contribution is 0.289. The van der Waals surface area contributed by atoms with Gasteiger partial charge in [-0.3, -0.25) is 5.73 Å². The summed E-state index contributed by atoms with van der Waals surface area (Å²) in [5.41, 5.74) is 5.30. The number of rotatable bonds is 4. The molecule has 1 aliphatic heterocycles. The van der Waals surface area contributed by atoms with Crippen LogP contribution in [0.15, 0.2) is 0 Å². The Morgan fingerprint density at radius 2 is 1.82 bits per heavy atom. The van der Waals surface area contributed by atoms with Gasteiger partial charge in [0.05, 0.1) is 7.11 Å². The summed E-state index contributed by atoms with van der Waals surface area (Å²) >= 11 is 0. The molecule has 1 fully saturated rings. The normalized spacial score (nSPS) is 15.8. The maximum absolute atomic E-state index is 5.30. The predicted octanol–water partition coefficient (Wildman–Crippen LogP) is 0.165. The van der Waals surface area contributed by atoms with Crippen LogP contribution in [0.1, 0.15) is 19.3 Å². The van der Waals surface area contributed by atoms with Crippen molar-refractivity contribution >= 4 is 5.95 Å². The third kappa shape index (κ3) is 2.94. The molecule has 7 nitrogen and oxygen atoms in total. The second kappa shape index (κ2) is 5.62. The van der Waals surface area contributed by atoms with E-state index >= 15 is 0 Å². The molecule has 0 aliphatic carbocycles. The van der Waals surface area contributed by atoms with Crippen LogP contribution in [-0.2, 0) is 0 Å². The molecule has 2 rings (SSSR count). The molecule has 17 heavy (non-hydrogen) atoms. The van der Waals surface area contributed by atoms with Gasteiger partial charge in [-0.25, -0.2) is 0 Å². The van der Waals surface area contributed by atoms with Crippen LogP contribution in [0.3, 0.4) is 0 Å². The molecule has 0 unspecified atom stereocenters. The molecule has 0 bridgehead atoms. The van der Waals surface area contributed by atoms with Crippen LogP contribution < -0.4 is 20.1 Å². The summed E-state index contributed by atoms with van der Waals surface area (Å²) in [7, 11) is 1.52. The second-order valence-electron chi connectivity index (χ2n) is 3.76. The summed E-state index contributed by atoms with van der Waals surface area (Å²) in [4.78, 5) is 14.5. The van der Waals surface area contributed by atoms with E-state index in [1.54, 1.807) is 0 Å². The number of aromatic nitrogens is 3. The highest BCUT2D eigenvalue weighted by atomic mass is 16.5. The molecule has 0 saturated carbocycles. The third-order valence-electron chi connectivity index (χ3n) is 2.62. The van der Waals surface area contributed by atoms with Crippen molar-refractivity contribution < 1.29 is 9.47 Å². The van der Waals surface area contributed by atoms with Gasteiger partial charge in [-0.2, -0.15) is 9.97 Å². The lowest BCUT2D eigenvalue weighted by atomic mass is 10.1. The maximum atomic E-state index is 5.30. The zero-order chi connectivity index (χ0) is 12.1. The molecule has 1 aliphatic rings. The van der Waals surface area contributed by atoms with Crippen LogP contribution in [-0.4, -0.2) is 41.9 Å². The van der Waals surface area contributed by atoms with E-state index in [4.69, 9.17) is 15.2 Å². The largest absolute Gasteiger partial charge is 0.467 e. The van der Waals surface area contributed by atoms with Crippen molar-refractivity contribution in [3.63, 3.8) is 0 Å². The average molecular weight is 239 g/mol. The Morgan fingerprint density at radius 3 is 2.47 bits per heavy atom. The minimum absolute atomic E-state index is 0.0343. The minimum atomic E-state index is 0.0343. The zero-order valence-corrected chi connectivity index (χ0v) is 9.93. The summed E-state index contributed by atoms with van der Waals surface area (Å²) in [6.45, 7) is 1.94. The summed E-state index contributed by atoms with van der Waals surface area (Å²) in [5.74, 6) is 0.597.